The Hall–Kier alpha value is -3.23. The second-order valence-corrected chi connectivity index (χ2v) is 10.8. The number of nitrogens with zero attached hydrogens (tertiary/aromatic N) is 2. The molecule has 3 heterocycles. The summed E-state index contributed by atoms with van der Waals surface area (Å²) in [6, 6.07) is 18.7. The van der Waals surface area contributed by atoms with E-state index in [1.54, 1.807) is 23.5 Å². The molecule has 0 fully saturated rings. The number of H-pyrrole nitrogens is 1. The lowest BCUT2D eigenvalue weighted by atomic mass is 10.00. The Kier molecular flexibility index (Phi) is 5.19. The van der Waals surface area contributed by atoms with E-state index < -0.39 is 21.5 Å². The summed E-state index contributed by atoms with van der Waals surface area (Å²) < 4.78 is 26.3. The molecule has 1 N–H and O–H groups in total. The number of para-hydroxylation sites is 1. The highest BCUT2D eigenvalue weighted by Gasteiger charge is 2.36. The number of carbonyl (C=O) groups excluding carboxylic acids is 1. The molecule has 162 valence electrons. The maximum Gasteiger partial charge on any atom is 0.258 e. The highest BCUT2D eigenvalue weighted by molar-refractivity contribution is 7.92. The molecule has 0 saturated heterocycles. The van der Waals surface area contributed by atoms with E-state index >= 15 is 0 Å². The predicted molar refractivity (Wildman–Crippen MR) is 127 cm³/mol. The number of rotatable bonds is 5. The normalized spacial score (nSPS) is 16.5. The number of hydrogen-bond donors (Lipinski definition) is 1. The number of thiophene rings is 1. The molecule has 1 amide bonds. The van der Waals surface area contributed by atoms with Gasteiger partial charge >= 0.3 is 0 Å². The van der Waals surface area contributed by atoms with Gasteiger partial charge in [-0.05, 0) is 30.0 Å². The van der Waals surface area contributed by atoms with Crippen LogP contribution in [0, 0.1) is 6.92 Å². The lowest BCUT2D eigenvalue weighted by Crippen LogP contribution is -2.32. The van der Waals surface area contributed by atoms with E-state index in [0.717, 1.165) is 27.2 Å². The average Bonchev–Trinajstić information content (AvgIpc) is 3.52. The standard InChI is InChI=1S/C24H21N3O3S2/c1-16-8-10-17(11-9-16)21-13-20(22-7-4-12-31-22)26-27(21)24(28)15-32(29,30)23-14-25-19-6-3-2-5-18(19)23/h2-12,14,21,25H,13,15H2,1H3/t21-/m1/s1. The van der Waals surface area contributed by atoms with Crippen LogP contribution in [0.1, 0.15) is 28.5 Å². The van der Waals surface area contributed by atoms with Crippen LogP contribution in [0.15, 0.2) is 82.2 Å². The minimum absolute atomic E-state index is 0.134. The molecule has 5 rings (SSSR count). The van der Waals surface area contributed by atoms with Crippen LogP contribution in [0.4, 0.5) is 0 Å². The summed E-state index contributed by atoms with van der Waals surface area (Å²) in [5.41, 5.74) is 3.56. The minimum atomic E-state index is -3.85. The minimum Gasteiger partial charge on any atom is -0.360 e. The number of aryl methyl sites for hydroxylation is 1. The molecule has 0 radical (unpaired) electrons. The van der Waals surface area contributed by atoms with E-state index in [-0.39, 0.29) is 10.9 Å². The van der Waals surface area contributed by atoms with Crippen molar-refractivity contribution < 1.29 is 13.2 Å². The fourth-order valence-corrected chi connectivity index (χ4v) is 6.07. The Balaban J connectivity index is 1.48. The van der Waals surface area contributed by atoms with Crippen molar-refractivity contribution in [2.45, 2.75) is 24.3 Å². The van der Waals surface area contributed by atoms with Crippen molar-refractivity contribution in [3.8, 4) is 0 Å². The van der Waals surface area contributed by atoms with E-state index in [2.05, 4.69) is 10.1 Å². The summed E-state index contributed by atoms with van der Waals surface area (Å²) in [4.78, 5) is 17.4. The molecule has 1 aliphatic rings. The second kappa shape index (κ2) is 8.03. The number of aromatic amines is 1. The first-order valence-corrected chi connectivity index (χ1v) is 12.7. The fourth-order valence-electron chi connectivity index (χ4n) is 3.99. The van der Waals surface area contributed by atoms with Crippen molar-refractivity contribution in [2.75, 3.05) is 5.75 Å². The van der Waals surface area contributed by atoms with Gasteiger partial charge in [-0.15, -0.1) is 11.3 Å². The van der Waals surface area contributed by atoms with Gasteiger partial charge in [0.05, 0.1) is 21.5 Å². The summed E-state index contributed by atoms with van der Waals surface area (Å²) >= 11 is 1.56. The molecule has 0 spiro atoms. The Morgan fingerprint density at radius 1 is 1.12 bits per heavy atom. The largest absolute Gasteiger partial charge is 0.360 e. The second-order valence-electron chi connectivity index (χ2n) is 7.85. The predicted octanol–water partition coefficient (Wildman–Crippen LogP) is 4.69. The van der Waals surface area contributed by atoms with Gasteiger partial charge in [-0.2, -0.15) is 5.10 Å². The smallest absolute Gasteiger partial charge is 0.258 e. The van der Waals surface area contributed by atoms with Gasteiger partial charge in [0.15, 0.2) is 9.84 Å². The summed E-state index contributed by atoms with van der Waals surface area (Å²) in [5, 5.41) is 8.48. The van der Waals surface area contributed by atoms with Crippen LogP contribution in [-0.2, 0) is 14.6 Å². The number of hydrazone groups is 1. The first-order chi connectivity index (χ1) is 15.4. The van der Waals surface area contributed by atoms with Crippen molar-refractivity contribution in [1.82, 2.24) is 9.99 Å². The fraction of sp³-hybridized carbons (Fsp3) is 0.167. The molecule has 0 aliphatic carbocycles. The molecule has 0 bridgehead atoms. The third kappa shape index (κ3) is 3.76. The summed E-state index contributed by atoms with van der Waals surface area (Å²) in [6.45, 7) is 2.00. The lowest BCUT2D eigenvalue weighted by Gasteiger charge is -2.22. The van der Waals surface area contributed by atoms with Crippen LogP contribution in [0.25, 0.3) is 10.9 Å². The number of fused-ring (bicyclic) bond motifs is 1. The Morgan fingerprint density at radius 3 is 2.66 bits per heavy atom. The number of nitrogens with one attached hydrogen (secondary N) is 1. The number of amides is 1. The van der Waals surface area contributed by atoms with Crippen molar-refractivity contribution in [3.05, 3.63) is 88.2 Å². The molecular formula is C24H21N3O3S2. The number of carbonyl (C=O) groups is 1. The van der Waals surface area contributed by atoms with Crippen LogP contribution in [0.5, 0.6) is 0 Å². The van der Waals surface area contributed by atoms with Crippen LogP contribution < -0.4 is 0 Å². The number of aromatic nitrogens is 1. The SMILES string of the molecule is Cc1ccc([C@H]2CC(c3cccs3)=NN2C(=O)CS(=O)(=O)c2c[nH]c3ccccc23)cc1. The molecule has 32 heavy (non-hydrogen) atoms. The lowest BCUT2D eigenvalue weighted by molar-refractivity contribution is -0.130. The van der Waals surface area contributed by atoms with Crippen molar-refractivity contribution >= 4 is 43.7 Å². The van der Waals surface area contributed by atoms with E-state index in [1.807, 2.05) is 60.8 Å². The quantitative estimate of drug-likeness (QED) is 0.466. The Morgan fingerprint density at radius 2 is 1.91 bits per heavy atom. The van der Waals surface area contributed by atoms with Gasteiger partial charge in [0, 0.05) is 23.5 Å². The maximum atomic E-state index is 13.3. The Bertz CT molecular complexity index is 1420. The van der Waals surface area contributed by atoms with E-state index in [4.69, 9.17) is 0 Å². The molecule has 1 aliphatic heterocycles. The summed E-state index contributed by atoms with van der Waals surface area (Å²) in [6.07, 6.45) is 2.00. The zero-order valence-corrected chi connectivity index (χ0v) is 19.0. The van der Waals surface area contributed by atoms with Crippen molar-refractivity contribution in [1.29, 1.82) is 0 Å². The average molecular weight is 464 g/mol. The van der Waals surface area contributed by atoms with Crippen LogP contribution in [0.2, 0.25) is 0 Å². The van der Waals surface area contributed by atoms with Gasteiger partial charge in [-0.1, -0.05) is 54.1 Å². The highest BCUT2D eigenvalue weighted by Crippen LogP contribution is 2.34. The molecule has 0 saturated carbocycles. The molecule has 0 unspecified atom stereocenters. The van der Waals surface area contributed by atoms with Crippen LogP contribution in [0.3, 0.4) is 0 Å². The zero-order valence-electron chi connectivity index (χ0n) is 17.4. The van der Waals surface area contributed by atoms with Gasteiger partial charge < -0.3 is 4.98 Å². The third-order valence-corrected chi connectivity index (χ3v) is 8.19. The monoisotopic (exact) mass is 463 g/mol. The molecule has 2 aromatic carbocycles. The van der Waals surface area contributed by atoms with Gasteiger partial charge in [0.25, 0.3) is 5.91 Å². The van der Waals surface area contributed by atoms with Crippen LogP contribution >= 0.6 is 11.3 Å². The maximum absolute atomic E-state index is 13.3. The van der Waals surface area contributed by atoms with E-state index in [9.17, 15) is 13.2 Å². The molecule has 6 nitrogen and oxygen atoms in total. The molecule has 4 aromatic rings. The van der Waals surface area contributed by atoms with Gasteiger partial charge in [-0.3, -0.25) is 4.79 Å². The van der Waals surface area contributed by atoms with E-state index in [1.165, 1.54) is 11.2 Å². The Labute approximate surface area is 190 Å². The van der Waals surface area contributed by atoms with Crippen molar-refractivity contribution in [2.24, 2.45) is 5.10 Å². The molecule has 8 heteroatoms. The van der Waals surface area contributed by atoms with Crippen molar-refractivity contribution in [3.63, 3.8) is 0 Å². The van der Waals surface area contributed by atoms with Gasteiger partial charge in [0.2, 0.25) is 0 Å². The van der Waals surface area contributed by atoms with Crippen LogP contribution in [-0.4, -0.2) is 35.8 Å². The summed E-state index contributed by atoms with van der Waals surface area (Å²) in [5.74, 6) is -1.18. The first-order valence-electron chi connectivity index (χ1n) is 10.2. The first kappa shape index (κ1) is 20.7. The summed E-state index contributed by atoms with van der Waals surface area (Å²) in [7, 11) is -3.85. The highest BCUT2D eigenvalue weighted by atomic mass is 32.2. The number of benzene rings is 2. The molecular weight excluding hydrogens is 442 g/mol. The topological polar surface area (TPSA) is 82.6 Å². The van der Waals surface area contributed by atoms with Gasteiger partial charge in [0.1, 0.15) is 5.75 Å². The number of hydrogen-bond acceptors (Lipinski definition) is 5. The molecule has 2 aromatic heterocycles. The number of sulfone groups is 1. The third-order valence-electron chi connectivity index (χ3n) is 5.63. The zero-order chi connectivity index (χ0) is 22.3. The van der Waals surface area contributed by atoms with Gasteiger partial charge in [-0.25, -0.2) is 13.4 Å². The molecule has 1 atom stereocenters. The van der Waals surface area contributed by atoms with E-state index in [0.29, 0.717) is 11.8 Å².